The molecular weight excluding hydrogens is 481 g/mol. The van der Waals surface area contributed by atoms with Crippen molar-refractivity contribution in [1.82, 2.24) is 20.4 Å². The van der Waals surface area contributed by atoms with Crippen LogP contribution in [0.1, 0.15) is 49.8 Å². The second-order valence-electron chi connectivity index (χ2n) is 7.63. The molecule has 1 heterocycles. The van der Waals surface area contributed by atoms with Crippen LogP contribution in [0.2, 0.25) is 5.02 Å². The zero-order valence-electron chi connectivity index (χ0n) is 17.1. The molecule has 1 aromatic heterocycles. The summed E-state index contributed by atoms with van der Waals surface area (Å²) in [7, 11) is 1.50. The lowest BCUT2D eigenvalue weighted by Gasteiger charge is -2.26. The summed E-state index contributed by atoms with van der Waals surface area (Å²) < 4.78 is 15.3. The Morgan fingerprint density at radius 2 is 1.90 bits per heavy atom. The largest absolute Gasteiger partial charge is 0.349 e. The molecule has 0 bridgehead atoms. The van der Waals surface area contributed by atoms with Gasteiger partial charge in [0.25, 0.3) is 5.91 Å². The van der Waals surface area contributed by atoms with Crippen LogP contribution in [0.25, 0.3) is 0 Å². The van der Waals surface area contributed by atoms with Gasteiger partial charge in [-0.2, -0.15) is 5.10 Å². The van der Waals surface area contributed by atoms with E-state index in [4.69, 9.17) is 11.6 Å². The lowest BCUT2D eigenvalue weighted by Crippen LogP contribution is -2.48. The molecule has 1 atom stereocenters. The van der Waals surface area contributed by atoms with Gasteiger partial charge < -0.3 is 16.0 Å². The van der Waals surface area contributed by atoms with E-state index in [1.54, 1.807) is 20.8 Å². The average Bonchev–Trinajstić information content (AvgIpc) is 2.86. The van der Waals surface area contributed by atoms with Crippen molar-refractivity contribution in [2.24, 2.45) is 7.05 Å². The number of benzene rings is 1. The van der Waals surface area contributed by atoms with Crippen molar-refractivity contribution >= 4 is 51.1 Å². The number of halogens is 3. The third kappa shape index (κ3) is 5.79. The first-order valence-electron chi connectivity index (χ1n) is 8.88. The lowest BCUT2D eigenvalue weighted by molar-refractivity contribution is -0.124. The van der Waals surface area contributed by atoms with Gasteiger partial charge in [0.1, 0.15) is 17.6 Å². The standard InChI is InChI=1S/C19H22BrClFN5O3/c1-9(28)23-16-13(20)15(27(5)26-16)18(30)24-14(17(29)25-19(2,3)4)11-8-10(22)6-7-12(11)21/h6-8,14H,1-5H3,(H,24,30)(H,25,29)(H,23,26,28). The molecule has 0 spiro atoms. The fraction of sp³-hybridized carbons (Fsp3) is 0.368. The van der Waals surface area contributed by atoms with E-state index in [9.17, 15) is 18.8 Å². The van der Waals surface area contributed by atoms with Gasteiger partial charge >= 0.3 is 0 Å². The van der Waals surface area contributed by atoms with Crippen molar-refractivity contribution in [3.63, 3.8) is 0 Å². The maximum Gasteiger partial charge on any atom is 0.271 e. The number of aryl methyl sites for hydroxylation is 1. The Balaban J connectivity index is 2.45. The summed E-state index contributed by atoms with van der Waals surface area (Å²) in [5.74, 6) is -2.07. The number of amides is 3. The van der Waals surface area contributed by atoms with E-state index >= 15 is 0 Å². The van der Waals surface area contributed by atoms with E-state index in [1.807, 2.05) is 0 Å². The molecule has 0 saturated carbocycles. The summed E-state index contributed by atoms with van der Waals surface area (Å²) in [6, 6.07) is 2.29. The number of nitrogens with zero attached hydrogens (tertiary/aromatic N) is 2. The topological polar surface area (TPSA) is 105 Å². The Hall–Kier alpha value is -2.46. The number of carbonyl (C=O) groups excluding carboxylic acids is 3. The highest BCUT2D eigenvalue weighted by Gasteiger charge is 2.31. The first kappa shape index (κ1) is 23.8. The van der Waals surface area contributed by atoms with Crippen LogP contribution in [0, 0.1) is 5.82 Å². The van der Waals surface area contributed by atoms with Crippen LogP contribution in [-0.4, -0.2) is 33.0 Å². The molecule has 11 heteroatoms. The van der Waals surface area contributed by atoms with Gasteiger partial charge in [-0.3, -0.25) is 19.1 Å². The first-order valence-corrected chi connectivity index (χ1v) is 10.0. The molecule has 3 amide bonds. The monoisotopic (exact) mass is 501 g/mol. The van der Waals surface area contributed by atoms with Gasteiger partial charge in [0.15, 0.2) is 5.82 Å². The zero-order chi connectivity index (χ0) is 22.8. The molecule has 0 aliphatic carbocycles. The molecule has 2 aromatic rings. The Bertz CT molecular complexity index is 1000. The minimum absolute atomic E-state index is 0.0554. The predicted octanol–water partition coefficient (Wildman–Crippen LogP) is 3.32. The van der Waals surface area contributed by atoms with Crippen LogP contribution < -0.4 is 16.0 Å². The van der Waals surface area contributed by atoms with Gasteiger partial charge in [-0.15, -0.1) is 0 Å². The van der Waals surface area contributed by atoms with Crippen LogP contribution in [0.3, 0.4) is 0 Å². The second-order valence-corrected chi connectivity index (χ2v) is 8.83. The molecule has 1 unspecified atom stereocenters. The van der Waals surface area contributed by atoms with Crippen molar-refractivity contribution < 1.29 is 18.8 Å². The molecule has 0 fully saturated rings. The highest BCUT2D eigenvalue weighted by molar-refractivity contribution is 9.10. The molecule has 0 saturated heterocycles. The van der Waals surface area contributed by atoms with E-state index in [0.717, 1.165) is 12.1 Å². The summed E-state index contributed by atoms with van der Waals surface area (Å²) in [6.45, 7) is 6.62. The van der Waals surface area contributed by atoms with Crippen LogP contribution in [0.5, 0.6) is 0 Å². The van der Waals surface area contributed by atoms with Gasteiger partial charge in [-0.05, 0) is 54.9 Å². The van der Waals surface area contributed by atoms with Crippen LogP contribution in [0.4, 0.5) is 10.2 Å². The molecule has 1 aromatic carbocycles. The first-order chi connectivity index (χ1) is 13.8. The maximum absolute atomic E-state index is 13.9. The predicted molar refractivity (Wildman–Crippen MR) is 115 cm³/mol. The van der Waals surface area contributed by atoms with Crippen molar-refractivity contribution in [2.45, 2.75) is 39.3 Å². The Morgan fingerprint density at radius 3 is 2.47 bits per heavy atom. The number of rotatable bonds is 5. The fourth-order valence-corrected chi connectivity index (χ4v) is 3.49. The fourth-order valence-electron chi connectivity index (χ4n) is 2.65. The quantitative estimate of drug-likeness (QED) is 0.583. The summed E-state index contributed by atoms with van der Waals surface area (Å²) in [6.07, 6.45) is 0. The van der Waals surface area contributed by atoms with Gasteiger partial charge in [0, 0.05) is 30.1 Å². The Morgan fingerprint density at radius 1 is 1.27 bits per heavy atom. The molecule has 30 heavy (non-hydrogen) atoms. The molecule has 0 radical (unpaired) electrons. The lowest BCUT2D eigenvalue weighted by atomic mass is 10.0. The molecule has 2 rings (SSSR count). The van der Waals surface area contributed by atoms with Crippen molar-refractivity contribution in [3.05, 3.63) is 44.8 Å². The SMILES string of the molecule is CC(=O)Nc1nn(C)c(C(=O)NC(C(=O)NC(C)(C)C)c2cc(F)ccc2Cl)c1Br. The number of hydrogen-bond donors (Lipinski definition) is 3. The molecule has 3 N–H and O–H groups in total. The number of nitrogens with one attached hydrogen (secondary N) is 3. The number of hydrogen-bond acceptors (Lipinski definition) is 4. The molecular formula is C19H22BrClFN5O3. The highest BCUT2D eigenvalue weighted by atomic mass is 79.9. The highest BCUT2D eigenvalue weighted by Crippen LogP contribution is 2.28. The van der Waals surface area contributed by atoms with E-state index in [0.29, 0.717) is 0 Å². The smallest absolute Gasteiger partial charge is 0.271 e. The normalized spacial score (nSPS) is 12.3. The van der Waals surface area contributed by atoms with Crippen LogP contribution in [-0.2, 0) is 16.6 Å². The minimum Gasteiger partial charge on any atom is -0.349 e. The molecule has 0 aliphatic heterocycles. The summed E-state index contributed by atoms with van der Waals surface area (Å²) in [5.41, 5.74) is -0.446. The van der Waals surface area contributed by atoms with Gasteiger partial charge in [-0.1, -0.05) is 11.6 Å². The molecule has 0 aliphatic rings. The van der Waals surface area contributed by atoms with Crippen molar-refractivity contribution in [2.75, 3.05) is 5.32 Å². The van der Waals surface area contributed by atoms with Crippen LogP contribution >= 0.6 is 27.5 Å². The third-order valence-electron chi connectivity index (χ3n) is 3.80. The van der Waals surface area contributed by atoms with E-state index in [2.05, 4.69) is 37.0 Å². The maximum atomic E-state index is 13.9. The van der Waals surface area contributed by atoms with Crippen molar-refractivity contribution in [1.29, 1.82) is 0 Å². The summed E-state index contributed by atoms with van der Waals surface area (Å²) in [5, 5.41) is 12.0. The van der Waals surface area contributed by atoms with E-state index in [-0.39, 0.29) is 32.5 Å². The average molecular weight is 503 g/mol. The van der Waals surface area contributed by atoms with E-state index < -0.39 is 29.2 Å². The summed E-state index contributed by atoms with van der Waals surface area (Å²) in [4.78, 5) is 37.2. The number of anilines is 1. The van der Waals surface area contributed by atoms with Crippen molar-refractivity contribution in [3.8, 4) is 0 Å². The number of aromatic nitrogens is 2. The zero-order valence-corrected chi connectivity index (χ0v) is 19.4. The van der Waals surface area contributed by atoms with Gasteiger partial charge in [0.05, 0.1) is 4.47 Å². The number of carbonyl (C=O) groups is 3. The third-order valence-corrected chi connectivity index (χ3v) is 4.90. The second kappa shape index (κ2) is 9.13. The molecule has 162 valence electrons. The van der Waals surface area contributed by atoms with Gasteiger partial charge in [-0.25, -0.2) is 4.39 Å². The Kier molecular flexibility index (Phi) is 7.25. The minimum atomic E-state index is -1.27. The van der Waals surface area contributed by atoms with E-state index in [1.165, 1.54) is 24.7 Å². The van der Waals surface area contributed by atoms with Gasteiger partial charge in [0.2, 0.25) is 11.8 Å². The Labute approximate surface area is 186 Å². The van der Waals surface area contributed by atoms with Crippen LogP contribution in [0.15, 0.2) is 22.7 Å². The molecule has 8 nitrogen and oxygen atoms in total. The summed E-state index contributed by atoms with van der Waals surface area (Å²) >= 11 is 9.43.